The molecule has 5 aromatic rings. The highest BCUT2D eigenvalue weighted by molar-refractivity contribution is 5.86. The Balaban J connectivity index is 0.000000201. The number of para-hydroxylation sites is 1. The van der Waals surface area contributed by atoms with E-state index in [0.29, 0.717) is 40.0 Å². The normalized spacial score (nSPS) is 11.3. The van der Waals surface area contributed by atoms with Crippen molar-refractivity contribution in [2.45, 2.75) is 19.5 Å². The molecule has 5 rings (SSSR count). The second kappa shape index (κ2) is 9.41. The summed E-state index contributed by atoms with van der Waals surface area (Å²) in [5, 5.41) is 0.0231. The van der Waals surface area contributed by atoms with Gasteiger partial charge < -0.3 is 11.5 Å². The number of aromatic nitrogens is 4. The Kier molecular flexibility index (Phi) is 6.37. The number of anilines is 2. The monoisotopic (exact) mass is 478 g/mol. The maximum absolute atomic E-state index is 13.3. The van der Waals surface area contributed by atoms with Gasteiger partial charge in [-0.1, -0.05) is 37.3 Å². The number of pyridine rings is 2. The Morgan fingerprint density at radius 1 is 0.943 bits per heavy atom. The number of nitrogen functional groups attached to an aromatic ring is 2. The Hall–Kier alpha value is -4.47. The standard InChI is InChI=1S/C18H14F3NO.C7H7N5/c1-2-13-11-12-7-6-10-15(18(19,20)21)16(12)17(23)22(13)14-8-4-3-5-9-14;8-6-5-4(2-1-3-10-5)11-7(9)12-6/h3-11H,2H2,1H3;1-3H,(H4,8,9,11,12). The van der Waals surface area contributed by atoms with E-state index in [1.165, 1.54) is 10.6 Å². The minimum Gasteiger partial charge on any atom is -0.382 e. The van der Waals surface area contributed by atoms with Crippen LogP contribution in [-0.2, 0) is 12.6 Å². The van der Waals surface area contributed by atoms with Crippen LogP contribution in [0, 0.1) is 0 Å². The highest BCUT2D eigenvalue weighted by Gasteiger charge is 2.34. The van der Waals surface area contributed by atoms with E-state index in [0.717, 1.165) is 6.07 Å². The highest BCUT2D eigenvalue weighted by atomic mass is 19.4. The first-order chi connectivity index (χ1) is 16.7. The Labute approximate surface area is 197 Å². The van der Waals surface area contributed by atoms with Crippen molar-refractivity contribution >= 4 is 33.6 Å². The number of fused-ring (bicyclic) bond motifs is 2. The zero-order valence-corrected chi connectivity index (χ0v) is 18.6. The van der Waals surface area contributed by atoms with Gasteiger partial charge in [-0.25, -0.2) is 4.98 Å². The molecule has 7 nitrogen and oxygen atoms in total. The zero-order valence-electron chi connectivity index (χ0n) is 18.6. The molecule has 2 aromatic carbocycles. The van der Waals surface area contributed by atoms with Crippen molar-refractivity contribution in [2.24, 2.45) is 0 Å². The van der Waals surface area contributed by atoms with Gasteiger partial charge in [0.25, 0.3) is 5.56 Å². The molecular weight excluding hydrogens is 457 g/mol. The van der Waals surface area contributed by atoms with Crippen LogP contribution in [0.25, 0.3) is 27.5 Å². The lowest BCUT2D eigenvalue weighted by molar-refractivity contribution is -0.136. The SMILES string of the molecule is CCc1cc2cccc(C(F)(F)F)c2c(=O)n1-c1ccccc1.Nc1nc(N)c2ncccc2n1. The number of hydrogen-bond acceptors (Lipinski definition) is 6. The first-order valence-corrected chi connectivity index (χ1v) is 10.6. The number of aryl methyl sites for hydroxylation is 1. The molecule has 35 heavy (non-hydrogen) atoms. The molecule has 0 unspecified atom stereocenters. The second-order valence-electron chi connectivity index (χ2n) is 7.57. The topological polar surface area (TPSA) is 113 Å². The number of hydrogen-bond donors (Lipinski definition) is 2. The second-order valence-corrected chi connectivity index (χ2v) is 7.57. The maximum atomic E-state index is 13.3. The minimum atomic E-state index is -4.57. The Morgan fingerprint density at radius 3 is 2.37 bits per heavy atom. The molecule has 0 fully saturated rings. The molecule has 0 aliphatic carbocycles. The van der Waals surface area contributed by atoms with Gasteiger partial charge in [-0.3, -0.25) is 14.3 Å². The molecule has 10 heteroatoms. The van der Waals surface area contributed by atoms with Crippen LogP contribution in [0.3, 0.4) is 0 Å². The summed E-state index contributed by atoms with van der Waals surface area (Å²) in [6.45, 7) is 1.87. The molecule has 0 radical (unpaired) electrons. The lowest BCUT2D eigenvalue weighted by Gasteiger charge is -2.16. The summed E-state index contributed by atoms with van der Waals surface area (Å²) in [5.41, 5.74) is 11.9. The van der Waals surface area contributed by atoms with Gasteiger partial charge in [0.2, 0.25) is 5.95 Å². The summed E-state index contributed by atoms with van der Waals surface area (Å²) in [6, 6.07) is 17.8. The van der Waals surface area contributed by atoms with Crippen molar-refractivity contribution in [3.8, 4) is 5.69 Å². The quantitative estimate of drug-likeness (QED) is 0.378. The van der Waals surface area contributed by atoms with Crippen LogP contribution in [0.15, 0.2) is 77.7 Å². The molecule has 0 amide bonds. The summed E-state index contributed by atoms with van der Waals surface area (Å²) in [6.07, 6.45) is -2.39. The smallest absolute Gasteiger partial charge is 0.382 e. The molecule has 3 aromatic heterocycles. The van der Waals surface area contributed by atoms with E-state index in [2.05, 4.69) is 15.0 Å². The summed E-state index contributed by atoms with van der Waals surface area (Å²) in [7, 11) is 0. The third kappa shape index (κ3) is 4.77. The van der Waals surface area contributed by atoms with E-state index in [9.17, 15) is 18.0 Å². The third-order valence-electron chi connectivity index (χ3n) is 5.30. The van der Waals surface area contributed by atoms with E-state index in [-0.39, 0.29) is 11.3 Å². The molecule has 0 saturated carbocycles. The van der Waals surface area contributed by atoms with Crippen LogP contribution in [0.1, 0.15) is 18.2 Å². The number of halogens is 3. The molecule has 0 bridgehead atoms. The van der Waals surface area contributed by atoms with Crippen molar-refractivity contribution in [3.05, 3.63) is 94.5 Å². The van der Waals surface area contributed by atoms with Gasteiger partial charge in [-0.15, -0.1) is 0 Å². The fourth-order valence-electron chi connectivity index (χ4n) is 3.78. The van der Waals surface area contributed by atoms with Crippen LogP contribution < -0.4 is 17.0 Å². The zero-order chi connectivity index (χ0) is 25.2. The summed E-state index contributed by atoms with van der Waals surface area (Å²) in [5.74, 6) is 0.492. The van der Waals surface area contributed by atoms with Crippen LogP contribution in [0.2, 0.25) is 0 Å². The summed E-state index contributed by atoms with van der Waals surface area (Å²) >= 11 is 0. The van der Waals surface area contributed by atoms with E-state index in [1.54, 1.807) is 60.8 Å². The van der Waals surface area contributed by atoms with Crippen LogP contribution in [-0.4, -0.2) is 19.5 Å². The Bertz CT molecular complexity index is 1570. The number of nitrogens with zero attached hydrogens (tertiary/aromatic N) is 4. The minimum absolute atomic E-state index is 0.174. The molecule has 0 aliphatic heterocycles. The van der Waals surface area contributed by atoms with Gasteiger partial charge in [-0.05, 0) is 48.2 Å². The molecule has 0 atom stereocenters. The lowest BCUT2D eigenvalue weighted by atomic mass is 10.0. The third-order valence-corrected chi connectivity index (χ3v) is 5.30. The molecular formula is C25H21F3N6O. The van der Waals surface area contributed by atoms with Gasteiger partial charge >= 0.3 is 6.18 Å². The van der Waals surface area contributed by atoms with Gasteiger partial charge in [-0.2, -0.15) is 18.2 Å². The van der Waals surface area contributed by atoms with Crippen molar-refractivity contribution < 1.29 is 13.2 Å². The summed E-state index contributed by atoms with van der Waals surface area (Å²) < 4.78 is 41.2. The van der Waals surface area contributed by atoms with Crippen molar-refractivity contribution in [3.63, 3.8) is 0 Å². The van der Waals surface area contributed by atoms with E-state index in [1.807, 2.05) is 6.92 Å². The van der Waals surface area contributed by atoms with Gasteiger partial charge in [0.1, 0.15) is 5.52 Å². The van der Waals surface area contributed by atoms with Gasteiger partial charge in [0.05, 0.1) is 16.5 Å². The van der Waals surface area contributed by atoms with E-state index < -0.39 is 17.3 Å². The first-order valence-electron chi connectivity index (χ1n) is 10.6. The largest absolute Gasteiger partial charge is 0.417 e. The van der Waals surface area contributed by atoms with Gasteiger partial charge in [0, 0.05) is 17.6 Å². The highest BCUT2D eigenvalue weighted by Crippen LogP contribution is 2.33. The van der Waals surface area contributed by atoms with Crippen molar-refractivity contribution in [2.75, 3.05) is 11.5 Å². The van der Waals surface area contributed by atoms with E-state index >= 15 is 0 Å². The molecule has 0 aliphatic rings. The fourth-order valence-corrected chi connectivity index (χ4v) is 3.78. The van der Waals surface area contributed by atoms with Crippen molar-refractivity contribution in [1.29, 1.82) is 0 Å². The predicted octanol–water partition coefficient (Wildman–Crippen LogP) is 4.76. The molecule has 4 N–H and O–H groups in total. The summed E-state index contributed by atoms with van der Waals surface area (Å²) in [4.78, 5) is 24.6. The first kappa shape index (κ1) is 23.7. The van der Waals surface area contributed by atoms with Gasteiger partial charge in [0.15, 0.2) is 5.82 Å². The average molecular weight is 478 g/mol. The average Bonchev–Trinajstić information content (AvgIpc) is 2.84. The molecule has 0 spiro atoms. The number of alkyl halides is 3. The predicted molar refractivity (Wildman–Crippen MR) is 130 cm³/mol. The van der Waals surface area contributed by atoms with Crippen molar-refractivity contribution in [1.82, 2.24) is 19.5 Å². The van der Waals surface area contributed by atoms with Crippen LogP contribution >= 0.6 is 0 Å². The molecule has 0 saturated heterocycles. The number of rotatable bonds is 2. The molecule has 178 valence electrons. The lowest BCUT2D eigenvalue weighted by Crippen LogP contribution is -2.24. The number of benzene rings is 2. The fraction of sp³-hybridized carbons (Fsp3) is 0.120. The van der Waals surface area contributed by atoms with Crippen LogP contribution in [0.4, 0.5) is 24.9 Å². The molecule has 3 heterocycles. The Morgan fingerprint density at radius 2 is 1.69 bits per heavy atom. The number of nitrogens with two attached hydrogens (primary N) is 2. The van der Waals surface area contributed by atoms with E-state index in [4.69, 9.17) is 11.5 Å². The van der Waals surface area contributed by atoms with Crippen LogP contribution in [0.5, 0.6) is 0 Å². The maximum Gasteiger partial charge on any atom is 0.417 e.